The summed E-state index contributed by atoms with van der Waals surface area (Å²) in [6.45, 7) is 4.49. The molecule has 0 radical (unpaired) electrons. The number of carbonyl (C=O) groups excluding carboxylic acids is 1. The molecule has 0 saturated carbocycles. The largest absolute Gasteiger partial charge is 0.369 e. The Morgan fingerprint density at radius 3 is 2.84 bits per heavy atom. The van der Waals surface area contributed by atoms with Crippen molar-refractivity contribution in [3.63, 3.8) is 0 Å². The van der Waals surface area contributed by atoms with Crippen LogP contribution in [-0.4, -0.2) is 58.1 Å². The molecule has 1 amide bonds. The number of fused-ring (bicyclic) bond motifs is 1. The first-order chi connectivity index (χ1) is 15.6. The van der Waals surface area contributed by atoms with Gasteiger partial charge >= 0.3 is 0 Å². The Morgan fingerprint density at radius 2 is 2.03 bits per heavy atom. The van der Waals surface area contributed by atoms with E-state index >= 15 is 0 Å². The van der Waals surface area contributed by atoms with Gasteiger partial charge < -0.3 is 25.4 Å². The second-order valence-electron chi connectivity index (χ2n) is 7.96. The van der Waals surface area contributed by atoms with Crippen LogP contribution in [-0.2, 0) is 13.5 Å². The number of nitrogens with zero attached hydrogens (tertiary/aromatic N) is 5. The number of rotatable bonds is 4. The Hall–Kier alpha value is -3.53. The van der Waals surface area contributed by atoms with Crippen LogP contribution in [0.3, 0.4) is 0 Å². The zero-order valence-corrected chi connectivity index (χ0v) is 17.9. The highest BCUT2D eigenvalue weighted by atomic mass is 19.1. The van der Waals surface area contributed by atoms with Crippen LogP contribution in [0.5, 0.6) is 0 Å². The molecule has 0 spiro atoms. The van der Waals surface area contributed by atoms with Crippen LogP contribution < -0.4 is 20.9 Å². The average Bonchev–Trinajstić information content (AvgIpc) is 2.97. The minimum atomic E-state index is -0.549. The number of anilines is 3. The first-order valence-corrected chi connectivity index (χ1v) is 10.8. The number of hydrogen-bond donors (Lipinski definition) is 3. The molecule has 5 heterocycles. The third-order valence-corrected chi connectivity index (χ3v) is 5.93. The molecule has 0 atom stereocenters. The van der Waals surface area contributed by atoms with Crippen LogP contribution in [0.1, 0.15) is 22.5 Å². The standard InChI is InChI=1S/C22H25FN8O/c1-30-17-5-7-25-21(32)15(17)11-18(30)20-16(23)13-27-22(29-20)28-19-4-3-14(12-26-19)31-9-2-6-24-8-10-31/h3-4,11-13,24H,2,5-10H2,1H3,(H,25,32)(H,26,27,28,29). The highest BCUT2D eigenvalue weighted by Gasteiger charge is 2.25. The Balaban J connectivity index is 1.38. The molecule has 3 aromatic rings. The van der Waals surface area contributed by atoms with Crippen molar-refractivity contribution in [1.82, 2.24) is 30.2 Å². The van der Waals surface area contributed by atoms with Crippen LogP contribution >= 0.6 is 0 Å². The summed E-state index contributed by atoms with van der Waals surface area (Å²) in [7, 11) is 1.82. The Labute approximate surface area is 185 Å². The van der Waals surface area contributed by atoms with Gasteiger partial charge in [-0.3, -0.25) is 4.79 Å². The van der Waals surface area contributed by atoms with Gasteiger partial charge in [0.2, 0.25) is 5.95 Å². The highest BCUT2D eigenvalue weighted by molar-refractivity contribution is 5.97. The molecule has 1 saturated heterocycles. The van der Waals surface area contributed by atoms with Gasteiger partial charge in [-0.15, -0.1) is 0 Å². The molecule has 1 fully saturated rings. The summed E-state index contributed by atoms with van der Waals surface area (Å²) in [4.78, 5) is 27.4. The Bertz CT molecular complexity index is 1140. The maximum atomic E-state index is 14.6. The van der Waals surface area contributed by atoms with Crippen molar-refractivity contribution in [3.05, 3.63) is 47.7 Å². The minimum Gasteiger partial charge on any atom is -0.369 e. The minimum absolute atomic E-state index is 0.140. The smallest absolute Gasteiger partial charge is 0.253 e. The monoisotopic (exact) mass is 436 g/mol. The van der Waals surface area contributed by atoms with Gasteiger partial charge in [0, 0.05) is 45.3 Å². The van der Waals surface area contributed by atoms with Crippen molar-refractivity contribution in [2.45, 2.75) is 12.8 Å². The van der Waals surface area contributed by atoms with Crippen molar-refractivity contribution in [1.29, 1.82) is 0 Å². The van der Waals surface area contributed by atoms with Gasteiger partial charge in [-0.25, -0.2) is 19.3 Å². The second kappa shape index (κ2) is 8.54. The molecule has 10 heteroatoms. The van der Waals surface area contributed by atoms with E-state index in [4.69, 9.17) is 0 Å². The van der Waals surface area contributed by atoms with Gasteiger partial charge in [0.1, 0.15) is 11.5 Å². The third kappa shape index (κ3) is 3.89. The van der Waals surface area contributed by atoms with E-state index in [1.165, 1.54) is 0 Å². The van der Waals surface area contributed by atoms with Gasteiger partial charge in [0.05, 0.1) is 29.3 Å². The maximum absolute atomic E-state index is 14.6. The van der Waals surface area contributed by atoms with Gasteiger partial charge in [0.15, 0.2) is 5.82 Å². The van der Waals surface area contributed by atoms with Crippen LogP contribution in [0.2, 0.25) is 0 Å². The Kier molecular flexibility index (Phi) is 5.44. The quantitative estimate of drug-likeness (QED) is 0.574. The highest BCUT2D eigenvalue weighted by Crippen LogP contribution is 2.28. The molecule has 2 aliphatic rings. The molecule has 0 aromatic carbocycles. The van der Waals surface area contributed by atoms with Crippen LogP contribution in [0.15, 0.2) is 30.6 Å². The van der Waals surface area contributed by atoms with Gasteiger partial charge in [-0.1, -0.05) is 0 Å². The molecular weight excluding hydrogens is 411 g/mol. The van der Waals surface area contributed by atoms with Gasteiger partial charge in [0.25, 0.3) is 5.91 Å². The number of hydrogen-bond acceptors (Lipinski definition) is 7. The molecule has 0 unspecified atom stereocenters. The summed E-state index contributed by atoms with van der Waals surface area (Å²) >= 11 is 0. The van der Waals surface area contributed by atoms with Crippen molar-refractivity contribution >= 4 is 23.4 Å². The van der Waals surface area contributed by atoms with Crippen molar-refractivity contribution < 1.29 is 9.18 Å². The lowest BCUT2D eigenvalue weighted by molar-refractivity contribution is 0.0945. The van der Waals surface area contributed by atoms with Crippen LogP contribution in [0.4, 0.5) is 21.8 Å². The average molecular weight is 436 g/mol. The normalized spacial score (nSPS) is 16.3. The number of halogens is 1. The molecule has 5 rings (SSSR count). The van der Waals surface area contributed by atoms with E-state index in [0.717, 1.165) is 50.2 Å². The van der Waals surface area contributed by atoms with E-state index in [-0.39, 0.29) is 17.5 Å². The second-order valence-corrected chi connectivity index (χ2v) is 7.96. The Morgan fingerprint density at radius 1 is 1.12 bits per heavy atom. The van der Waals surface area contributed by atoms with E-state index < -0.39 is 5.82 Å². The first kappa shape index (κ1) is 20.4. The maximum Gasteiger partial charge on any atom is 0.253 e. The summed E-state index contributed by atoms with van der Waals surface area (Å²) in [5, 5.41) is 9.26. The summed E-state index contributed by atoms with van der Waals surface area (Å²) < 4.78 is 16.5. The predicted molar refractivity (Wildman–Crippen MR) is 120 cm³/mol. The first-order valence-electron chi connectivity index (χ1n) is 10.8. The van der Waals surface area contributed by atoms with Crippen LogP contribution in [0.25, 0.3) is 11.4 Å². The molecule has 9 nitrogen and oxygen atoms in total. The summed E-state index contributed by atoms with van der Waals surface area (Å²) in [6.07, 6.45) is 4.74. The van der Waals surface area contributed by atoms with Crippen molar-refractivity contribution in [3.8, 4) is 11.4 Å². The number of carbonyl (C=O) groups is 1. The van der Waals surface area contributed by atoms with Gasteiger partial charge in [-0.2, -0.15) is 0 Å². The zero-order chi connectivity index (χ0) is 22.1. The van der Waals surface area contributed by atoms with Crippen LogP contribution in [0, 0.1) is 5.82 Å². The SMILES string of the molecule is Cn1c(-c2nc(Nc3ccc(N4CCCNCC4)cn3)ncc2F)cc2c1CCNC2=O. The van der Waals surface area contributed by atoms with E-state index in [1.54, 1.807) is 6.07 Å². The zero-order valence-electron chi connectivity index (χ0n) is 17.9. The summed E-state index contributed by atoms with van der Waals surface area (Å²) in [5.41, 5.74) is 3.17. The molecule has 2 aliphatic heterocycles. The van der Waals surface area contributed by atoms with E-state index in [9.17, 15) is 9.18 Å². The molecule has 0 bridgehead atoms. The number of pyridine rings is 1. The van der Waals surface area contributed by atoms with Crippen molar-refractivity contribution in [2.75, 3.05) is 42.9 Å². The topological polar surface area (TPSA) is 100 Å². The molecule has 3 aromatic heterocycles. The lowest BCUT2D eigenvalue weighted by Gasteiger charge is -2.21. The molecular formula is C22H25FN8O. The predicted octanol–water partition coefficient (Wildman–Crippen LogP) is 1.85. The fraction of sp³-hybridized carbons (Fsp3) is 0.364. The number of amides is 1. The lowest BCUT2D eigenvalue weighted by Crippen LogP contribution is -2.31. The lowest BCUT2D eigenvalue weighted by atomic mass is 10.1. The molecule has 32 heavy (non-hydrogen) atoms. The van der Waals surface area contributed by atoms with Crippen molar-refractivity contribution in [2.24, 2.45) is 7.05 Å². The van der Waals surface area contributed by atoms with E-state index in [1.807, 2.05) is 29.9 Å². The van der Waals surface area contributed by atoms with Gasteiger partial charge in [-0.05, 0) is 31.2 Å². The third-order valence-electron chi connectivity index (χ3n) is 5.93. The molecule has 3 N–H and O–H groups in total. The fourth-order valence-electron chi connectivity index (χ4n) is 4.23. The molecule has 166 valence electrons. The molecule has 0 aliphatic carbocycles. The number of aromatic nitrogens is 4. The van der Waals surface area contributed by atoms with E-state index in [2.05, 4.69) is 35.8 Å². The summed E-state index contributed by atoms with van der Waals surface area (Å²) in [6, 6.07) is 5.56. The summed E-state index contributed by atoms with van der Waals surface area (Å²) in [5.74, 6) is 0.117. The number of nitrogens with one attached hydrogen (secondary N) is 3. The fourth-order valence-corrected chi connectivity index (χ4v) is 4.23. The van der Waals surface area contributed by atoms with E-state index in [0.29, 0.717) is 30.0 Å².